The van der Waals surface area contributed by atoms with Crippen molar-refractivity contribution in [3.8, 4) is 11.5 Å². The van der Waals surface area contributed by atoms with Gasteiger partial charge in [0.05, 0.1) is 15.0 Å². The number of nitrogens with zero attached hydrogens (tertiary/aromatic N) is 1. The van der Waals surface area contributed by atoms with E-state index in [1.807, 2.05) is 0 Å². The van der Waals surface area contributed by atoms with Crippen molar-refractivity contribution in [2.45, 2.75) is 6.54 Å². The van der Waals surface area contributed by atoms with Crippen LogP contribution in [0.5, 0.6) is 11.5 Å². The van der Waals surface area contributed by atoms with Crippen molar-refractivity contribution in [2.75, 3.05) is 0 Å². The second-order valence-corrected chi connectivity index (χ2v) is 4.91. The van der Waals surface area contributed by atoms with Crippen LogP contribution in [0.3, 0.4) is 0 Å². The van der Waals surface area contributed by atoms with Crippen molar-refractivity contribution < 1.29 is 14.1 Å². The van der Waals surface area contributed by atoms with E-state index in [0.717, 1.165) is 12.1 Å². The van der Waals surface area contributed by atoms with Gasteiger partial charge in [0.15, 0.2) is 0 Å². The number of nitrogens with two attached hydrogens (primary N) is 1. The maximum absolute atomic E-state index is 13.4. The largest absolute Gasteiger partial charge is 0.450 e. The summed E-state index contributed by atoms with van der Waals surface area (Å²) in [4.78, 5) is 10.3. The van der Waals surface area contributed by atoms with Crippen LogP contribution < -0.4 is 10.5 Å². The van der Waals surface area contributed by atoms with Gasteiger partial charge in [-0.3, -0.25) is 10.1 Å². The fraction of sp³-hybridized carbons (Fsp3) is 0.0769. The Bertz CT molecular complexity index is 710. The molecule has 110 valence electrons. The highest BCUT2D eigenvalue weighted by Gasteiger charge is 2.19. The molecule has 8 heteroatoms. The predicted molar refractivity (Wildman–Crippen MR) is 77.5 cm³/mol. The minimum absolute atomic E-state index is 0.0256. The molecule has 0 radical (unpaired) electrons. The molecular weight excluding hydrogens is 322 g/mol. The van der Waals surface area contributed by atoms with Gasteiger partial charge in [-0.2, -0.15) is 0 Å². The SMILES string of the molecule is NCc1cc(F)cc(Oc2cc(Cl)c(Cl)cc2[N+](=O)[O-])c1. The van der Waals surface area contributed by atoms with E-state index in [1.54, 1.807) is 0 Å². The first-order chi connectivity index (χ1) is 9.90. The van der Waals surface area contributed by atoms with Crippen LogP contribution in [0.25, 0.3) is 0 Å². The van der Waals surface area contributed by atoms with Crippen LogP contribution in [-0.2, 0) is 6.54 Å². The van der Waals surface area contributed by atoms with Crippen molar-refractivity contribution in [3.63, 3.8) is 0 Å². The van der Waals surface area contributed by atoms with E-state index in [4.69, 9.17) is 33.7 Å². The second-order valence-electron chi connectivity index (χ2n) is 4.09. The second kappa shape index (κ2) is 6.26. The highest BCUT2D eigenvalue weighted by molar-refractivity contribution is 6.42. The zero-order chi connectivity index (χ0) is 15.6. The molecule has 0 aliphatic rings. The first-order valence-corrected chi connectivity index (χ1v) is 6.47. The number of hydrogen-bond donors (Lipinski definition) is 1. The van der Waals surface area contributed by atoms with Crippen molar-refractivity contribution in [1.29, 1.82) is 0 Å². The van der Waals surface area contributed by atoms with Gasteiger partial charge in [-0.05, 0) is 17.7 Å². The lowest BCUT2D eigenvalue weighted by molar-refractivity contribution is -0.385. The van der Waals surface area contributed by atoms with Crippen molar-refractivity contribution >= 4 is 28.9 Å². The lowest BCUT2D eigenvalue weighted by atomic mass is 10.2. The normalized spacial score (nSPS) is 10.5. The van der Waals surface area contributed by atoms with Gasteiger partial charge in [0.1, 0.15) is 11.6 Å². The molecule has 0 bridgehead atoms. The molecule has 0 heterocycles. The topological polar surface area (TPSA) is 78.4 Å². The Hall–Kier alpha value is -1.89. The van der Waals surface area contributed by atoms with Gasteiger partial charge < -0.3 is 10.5 Å². The Labute approximate surface area is 129 Å². The van der Waals surface area contributed by atoms with Gasteiger partial charge in [0.2, 0.25) is 5.75 Å². The van der Waals surface area contributed by atoms with Crippen LogP contribution in [0.15, 0.2) is 30.3 Å². The van der Waals surface area contributed by atoms with Crippen LogP contribution >= 0.6 is 23.2 Å². The predicted octanol–water partition coefficient (Wildman–Crippen LogP) is 4.29. The third-order valence-corrected chi connectivity index (χ3v) is 3.32. The van der Waals surface area contributed by atoms with Crippen LogP contribution in [0.2, 0.25) is 10.0 Å². The van der Waals surface area contributed by atoms with Crippen molar-refractivity contribution in [2.24, 2.45) is 5.73 Å². The molecule has 5 nitrogen and oxygen atoms in total. The first-order valence-electron chi connectivity index (χ1n) is 5.71. The summed E-state index contributed by atoms with van der Waals surface area (Å²) in [5.41, 5.74) is 5.56. The van der Waals surface area contributed by atoms with Gasteiger partial charge in [-0.25, -0.2) is 4.39 Å². The summed E-state index contributed by atoms with van der Waals surface area (Å²) >= 11 is 11.6. The van der Waals surface area contributed by atoms with Crippen LogP contribution in [-0.4, -0.2) is 4.92 Å². The Morgan fingerprint density at radius 2 is 1.86 bits per heavy atom. The van der Waals surface area contributed by atoms with E-state index in [2.05, 4.69) is 0 Å². The summed E-state index contributed by atoms with van der Waals surface area (Å²) in [6.45, 7) is 0.109. The average molecular weight is 331 g/mol. The molecule has 0 spiro atoms. The summed E-state index contributed by atoms with van der Waals surface area (Å²) in [7, 11) is 0. The lowest BCUT2D eigenvalue weighted by Gasteiger charge is -2.09. The molecule has 0 amide bonds. The zero-order valence-electron chi connectivity index (χ0n) is 10.5. The fourth-order valence-electron chi connectivity index (χ4n) is 1.67. The Balaban J connectivity index is 2.46. The third-order valence-electron chi connectivity index (χ3n) is 2.59. The van der Waals surface area contributed by atoms with E-state index in [1.165, 1.54) is 18.2 Å². The van der Waals surface area contributed by atoms with Gasteiger partial charge in [-0.1, -0.05) is 23.2 Å². The molecule has 21 heavy (non-hydrogen) atoms. The number of ether oxygens (including phenoxy) is 1. The van der Waals surface area contributed by atoms with Crippen LogP contribution in [0.1, 0.15) is 5.56 Å². The highest BCUT2D eigenvalue weighted by atomic mass is 35.5. The third kappa shape index (κ3) is 3.60. The quantitative estimate of drug-likeness (QED) is 0.669. The minimum Gasteiger partial charge on any atom is -0.450 e. The molecule has 0 atom stereocenters. The van der Waals surface area contributed by atoms with Gasteiger partial charge >= 0.3 is 5.69 Å². The lowest BCUT2D eigenvalue weighted by Crippen LogP contribution is -1.99. The molecule has 0 saturated heterocycles. The molecular formula is C13H9Cl2FN2O3. The van der Waals surface area contributed by atoms with E-state index < -0.39 is 10.7 Å². The summed E-state index contributed by atoms with van der Waals surface area (Å²) in [5.74, 6) is -0.615. The van der Waals surface area contributed by atoms with E-state index >= 15 is 0 Å². The maximum Gasteiger partial charge on any atom is 0.313 e. The van der Waals surface area contributed by atoms with Crippen LogP contribution in [0.4, 0.5) is 10.1 Å². The number of halogens is 3. The molecule has 0 unspecified atom stereocenters. The smallest absolute Gasteiger partial charge is 0.313 e. The summed E-state index contributed by atoms with van der Waals surface area (Å²) < 4.78 is 18.8. The van der Waals surface area contributed by atoms with E-state index in [0.29, 0.717) is 5.56 Å². The molecule has 2 aromatic carbocycles. The van der Waals surface area contributed by atoms with Gasteiger partial charge in [0.25, 0.3) is 0 Å². The van der Waals surface area contributed by atoms with Crippen molar-refractivity contribution in [3.05, 3.63) is 61.9 Å². The number of benzene rings is 2. The highest BCUT2D eigenvalue weighted by Crippen LogP contribution is 2.38. The van der Waals surface area contributed by atoms with Crippen LogP contribution in [0, 0.1) is 15.9 Å². The monoisotopic (exact) mass is 330 g/mol. The number of nitro groups is 1. The molecule has 2 rings (SSSR count). The fourth-order valence-corrected chi connectivity index (χ4v) is 1.98. The summed E-state index contributed by atoms with van der Waals surface area (Å²) in [6, 6.07) is 6.09. The molecule has 2 aromatic rings. The molecule has 2 N–H and O–H groups in total. The first kappa shape index (κ1) is 15.5. The Morgan fingerprint density at radius 3 is 2.48 bits per heavy atom. The Morgan fingerprint density at radius 1 is 1.19 bits per heavy atom. The van der Waals surface area contributed by atoms with E-state index in [9.17, 15) is 14.5 Å². The van der Waals surface area contributed by atoms with Gasteiger partial charge in [-0.15, -0.1) is 0 Å². The maximum atomic E-state index is 13.4. The standard InChI is InChI=1S/C13H9Cl2FN2O3/c14-10-4-12(18(19)20)13(5-11(10)15)21-9-2-7(6-17)1-8(16)3-9/h1-5H,6,17H2. The number of hydrogen-bond acceptors (Lipinski definition) is 4. The zero-order valence-corrected chi connectivity index (χ0v) is 12.0. The Kier molecular flexibility index (Phi) is 4.62. The minimum atomic E-state index is -0.666. The molecule has 0 aromatic heterocycles. The van der Waals surface area contributed by atoms with E-state index in [-0.39, 0.29) is 33.8 Å². The average Bonchev–Trinajstić information content (AvgIpc) is 2.41. The van der Waals surface area contributed by atoms with Crippen molar-refractivity contribution in [1.82, 2.24) is 0 Å². The molecule has 0 aliphatic carbocycles. The molecule has 0 fully saturated rings. The molecule has 0 aliphatic heterocycles. The molecule has 0 saturated carbocycles. The number of nitro benzene ring substituents is 1. The summed E-state index contributed by atoms with van der Waals surface area (Å²) in [6.07, 6.45) is 0. The summed E-state index contributed by atoms with van der Waals surface area (Å²) in [5, 5.41) is 11.1. The van der Waals surface area contributed by atoms with Gasteiger partial charge in [0, 0.05) is 24.7 Å². The number of rotatable bonds is 4.